The predicted octanol–water partition coefficient (Wildman–Crippen LogP) is 3.42. The minimum Gasteiger partial charge on any atom is -0.443 e. The van der Waals surface area contributed by atoms with E-state index in [1.807, 2.05) is 35.7 Å². The van der Waals surface area contributed by atoms with Crippen molar-refractivity contribution in [3.63, 3.8) is 0 Å². The molecule has 0 bridgehead atoms. The lowest BCUT2D eigenvalue weighted by Crippen LogP contribution is -2.59. The number of hydrogen-bond acceptors (Lipinski definition) is 1. The summed E-state index contributed by atoms with van der Waals surface area (Å²) in [6.07, 6.45) is 0. The zero-order valence-corrected chi connectivity index (χ0v) is 14.8. The Morgan fingerprint density at radius 3 is 1.62 bits per heavy atom. The van der Waals surface area contributed by atoms with E-state index in [1.54, 1.807) is 0 Å². The van der Waals surface area contributed by atoms with Crippen LogP contribution >= 0.6 is 0 Å². The van der Waals surface area contributed by atoms with Gasteiger partial charge >= 0.3 is 0 Å². The summed E-state index contributed by atoms with van der Waals surface area (Å²) in [7, 11) is -4.37. The Morgan fingerprint density at radius 2 is 1.19 bits per heavy atom. The highest BCUT2D eigenvalue weighted by atomic mass is 28.4. The van der Waals surface area contributed by atoms with Crippen molar-refractivity contribution < 1.29 is 4.12 Å². The van der Waals surface area contributed by atoms with Crippen molar-refractivity contribution in [2.24, 2.45) is 0 Å². The smallest absolute Gasteiger partial charge is 0.262 e. The molecule has 1 nitrogen and oxygen atoms in total. The van der Waals surface area contributed by atoms with Gasteiger partial charge in [-0.2, -0.15) is 0 Å². The quantitative estimate of drug-likeness (QED) is 0.743. The van der Waals surface area contributed by atoms with Crippen molar-refractivity contribution in [1.82, 2.24) is 0 Å². The third-order valence-corrected chi connectivity index (χ3v) is 11.3. The van der Waals surface area contributed by atoms with Gasteiger partial charge in [-0.05, 0) is 23.5 Å². The van der Waals surface area contributed by atoms with Gasteiger partial charge in [-0.1, -0.05) is 72.1 Å². The fourth-order valence-corrected chi connectivity index (χ4v) is 9.81. The lowest BCUT2D eigenvalue weighted by atomic mass is 10.4. The Labute approximate surface area is 129 Å². The maximum Gasteiger partial charge on any atom is 0.262 e. The summed E-state index contributed by atoms with van der Waals surface area (Å²) in [6.45, 7) is 12.6. The van der Waals surface area contributed by atoms with Gasteiger partial charge in [0.15, 0.2) is 0 Å². The molecule has 0 fully saturated rings. The summed E-state index contributed by atoms with van der Waals surface area (Å²) in [6, 6.07) is 20.8. The third kappa shape index (κ3) is 3.32. The van der Waals surface area contributed by atoms with Crippen LogP contribution < -0.4 is 10.4 Å². The zero-order valence-electron chi connectivity index (χ0n) is 12.8. The van der Waals surface area contributed by atoms with Crippen molar-refractivity contribution in [3.05, 3.63) is 85.2 Å². The van der Waals surface area contributed by atoms with E-state index in [4.69, 9.17) is 4.12 Å². The average Bonchev–Trinajstić information content (AvgIpc) is 2.54. The molecule has 0 spiro atoms. The topological polar surface area (TPSA) is 9.23 Å². The predicted molar refractivity (Wildman–Crippen MR) is 96.9 cm³/mol. The Balaban J connectivity index is 2.41. The highest BCUT2D eigenvalue weighted by molar-refractivity contribution is 7.02. The van der Waals surface area contributed by atoms with Gasteiger partial charge in [0.2, 0.25) is 8.32 Å². The van der Waals surface area contributed by atoms with Crippen LogP contribution in [0.3, 0.4) is 0 Å². The first kappa shape index (κ1) is 15.7. The first-order valence-corrected chi connectivity index (χ1v) is 12.1. The Kier molecular flexibility index (Phi) is 4.78. The number of hydrogen-bond donors (Lipinski definition) is 0. The van der Waals surface area contributed by atoms with Crippen LogP contribution in [-0.2, 0) is 4.12 Å². The third-order valence-electron chi connectivity index (χ3n) is 3.72. The molecule has 0 unspecified atom stereocenters. The van der Waals surface area contributed by atoms with Crippen molar-refractivity contribution in [2.45, 2.75) is 13.1 Å². The van der Waals surface area contributed by atoms with Crippen LogP contribution in [0.5, 0.6) is 0 Å². The van der Waals surface area contributed by atoms with E-state index in [2.05, 4.69) is 62.7 Å². The molecule has 108 valence electrons. The van der Waals surface area contributed by atoms with Gasteiger partial charge in [0.1, 0.15) is 0 Å². The Bertz CT molecular complexity index is 598. The van der Waals surface area contributed by atoms with Crippen LogP contribution in [0.15, 0.2) is 85.2 Å². The van der Waals surface area contributed by atoms with E-state index >= 15 is 0 Å². The van der Waals surface area contributed by atoms with Crippen LogP contribution in [-0.4, -0.2) is 16.6 Å². The summed E-state index contributed by atoms with van der Waals surface area (Å²) >= 11 is 0. The molecular formula is C18H22OSi2. The van der Waals surface area contributed by atoms with Crippen molar-refractivity contribution in [3.8, 4) is 0 Å². The highest BCUT2D eigenvalue weighted by Gasteiger charge is 2.38. The van der Waals surface area contributed by atoms with E-state index in [-0.39, 0.29) is 0 Å². The highest BCUT2D eigenvalue weighted by Crippen LogP contribution is 2.17. The van der Waals surface area contributed by atoms with E-state index in [0.29, 0.717) is 0 Å². The summed E-state index contributed by atoms with van der Waals surface area (Å²) in [5.41, 5.74) is 3.96. The van der Waals surface area contributed by atoms with Crippen molar-refractivity contribution in [1.29, 1.82) is 0 Å². The summed E-state index contributed by atoms with van der Waals surface area (Å²) in [5, 5.41) is 2.49. The normalized spacial score (nSPS) is 11.9. The fourth-order valence-electron chi connectivity index (χ4n) is 2.48. The second-order valence-electron chi connectivity index (χ2n) is 5.55. The lowest BCUT2D eigenvalue weighted by molar-refractivity contribution is 0.584. The molecule has 2 aromatic rings. The monoisotopic (exact) mass is 310 g/mol. The lowest BCUT2D eigenvalue weighted by Gasteiger charge is -2.35. The molecule has 0 aromatic heterocycles. The van der Waals surface area contributed by atoms with Gasteiger partial charge in [0.05, 0.1) is 0 Å². The summed E-state index contributed by atoms with van der Waals surface area (Å²) in [4.78, 5) is 0. The molecule has 0 N–H and O–H groups in total. The van der Waals surface area contributed by atoms with Gasteiger partial charge < -0.3 is 4.12 Å². The average molecular weight is 311 g/mol. The Morgan fingerprint density at radius 1 is 0.762 bits per heavy atom. The first-order chi connectivity index (χ1) is 10.0. The van der Waals surface area contributed by atoms with E-state index < -0.39 is 16.6 Å². The van der Waals surface area contributed by atoms with Crippen molar-refractivity contribution in [2.75, 3.05) is 0 Å². The zero-order chi connectivity index (χ0) is 15.3. The second kappa shape index (κ2) is 6.39. The van der Waals surface area contributed by atoms with Gasteiger partial charge in [0.25, 0.3) is 8.32 Å². The van der Waals surface area contributed by atoms with E-state index in [1.165, 1.54) is 10.4 Å². The minimum atomic E-state index is -2.35. The second-order valence-corrected chi connectivity index (χ2v) is 12.9. The Hall–Kier alpha value is -1.69. The largest absolute Gasteiger partial charge is 0.443 e. The van der Waals surface area contributed by atoms with Crippen LogP contribution in [0, 0.1) is 0 Å². The molecule has 0 aliphatic rings. The van der Waals surface area contributed by atoms with Crippen molar-refractivity contribution >= 4 is 27.0 Å². The van der Waals surface area contributed by atoms with Crippen LogP contribution in [0.1, 0.15) is 0 Å². The van der Waals surface area contributed by atoms with E-state index in [9.17, 15) is 0 Å². The van der Waals surface area contributed by atoms with Gasteiger partial charge in [-0.25, -0.2) is 0 Å². The SMILES string of the molecule is C=C[Si](C=C)(O[Si](C)(C)c1ccccc1)c1ccccc1. The molecule has 0 heterocycles. The maximum atomic E-state index is 6.74. The molecule has 0 aliphatic carbocycles. The first-order valence-electron chi connectivity index (χ1n) is 7.12. The maximum absolute atomic E-state index is 6.74. The minimum absolute atomic E-state index is 1.20. The van der Waals surface area contributed by atoms with E-state index in [0.717, 1.165) is 0 Å². The molecular weight excluding hydrogens is 288 g/mol. The molecule has 0 radical (unpaired) electrons. The van der Waals surface area contributed by atoms with Crippen LogP contribution in [0.4, 0.5) is 0 Å². The number of rotatable bonds is 6. The molecule has 2 rings (SSSR count). The molecule has 0 aliphatic heterocycles. The molecule has 3 heteroatoms. The van der Waals surface area contributed by atoms with Gasteiger partial charge in [0, 0.05) is 0 Å². The molecule has 2 aromatic carbocycles. The van der Waals surface area contributed by atoms with Gasteiger partial charge in [-0.15, -0.1) is 13.2 Å². The molecule has 21 heavy (non-hydrogen) atoms. The fraction of sp³-hybridized carbons (Fsp3) is 0.111. The molecule has 0 saturated carbocycles. The van der Waals surface area contributed by atoms with Gasteiger partial charge in [-0.3, -0.25) is 0 Å². The summed E-state index contributed by atoms with van der Waals surface area (Å²) < 4.78 is 6.74. The van der Waals surface area contributed by atoms with Crippen LogP contribution in [0.2, 0.25) is 13.1 Å². The van der Waals surface area contributed by atoms with Crippen LogP contribution in [0.25, 0.3) is 0 Å². The molecule has 0 atom stereocenters. The molecule has 0 amide bonds. The molecule has 0 saturated heterocycles. The number of benzene rings is 2. The summed E-state index contributed by atoms with van der Waals surface area (Å²) in [5.74, 6) is 0. The standard InChI is InChI=1S/C18H22OSi2/c1-5-21(6-2,18-15-11-8-12-16-18)19-20(3,4)17-13-9-7-10-14-17/h5-16H,1-2H2,3-4H3.